The van der Waals surface area contributed by atoms with Crippen molar-refractivity contribution < 1.29 is 5.11 Å². The van der Waals surface area contributed by atoms with Gasteiger partial charge in [0.2, 0.25) is 0 Å². The number of aromatic hydroxyl groups is 1. The molecule has 0 saturated heterocycles. The summed E-state index contributed by atoms with van der Waals surface area (Å²) in [6, 6.07) is 1.82. The van der Waals surface area contributed by atoms with E-state index in [1.165, 1.54) is 11.8 Å². The molecule has 0 atom stereocenters. The third-order valence-electron chi connectivity index (χ3n) is 2.55. The highest BCUT2D eigenvalue weighted by atomic mass is 16.3. The SMILES string of the molecule is CCN1CCc2ncc(O)cc2C1. The first-order chi connectivity index (χ1) is 6.29. The number of likely N-dealkylation sites (N-methyl/N-ethyl adjacent to an activating group) is 1. The van der Waals surface area contributed by atoms with Crippen molar-refractivity contribution in [3.8, 4) is 5.75 Å². The normalized spacial score (nSPS) is 17.0. The molecular formula is C10H14N2O. The maximum Gasteiger partial charge on any atom is 0.134 e. The summed E-state index contributed by atoms with van der Waals surface area (Å²) in [5.74, 6) is 0.275. The van der Waals surface area contributed by atoms with E-state index in [1.807, 2.05) is 6.07 Å². The molecule has 0 bridgehead atoms. The number of hydrogen-bond donors (Lipinski definition) is 1. The Morgan fingerprint density at radius 2 is 2.46 bits per heavy atom. The fourth-order valence-corrected chi connectivity index (χ4v) is 1.74. The minimum Gasteiger partial charge on any atom is -0.506 e. The molecule has 1 N–H and O–H groups in total. The van der Waals surface area contributed by atoms with Crippen molar-refractivity contribution in [1.29, 1.82) is 0 Å². The van der Waals surface area contributed by atoms with E-state index in [1.54, 1.807) is 0 Å². The van der Waals surface area contributed by atoms with Gasteiger partial charge in [-0.1, -0.05) is 6.92 Å². The Balaban J connectivity index is 2.27. The summed E-state index contributed by atoms with van der Waals surface area (Å²) in [6.45, 7) is 5.23. The Morgan fingerprint density at radius 1 is 1.62 bits per heavy atom. The molecule has 0 saturated carbocycles. The first kappa shape index (κ1) is 8.51. The second-order valence-electron chi connectivity index (χ2n) is 3.42. The Morgan fingerprint density at radius 3 is 3.23 bits per heavy atom. The van der Waals surface area contributed by atoms with E-state index in [0.717, 1.165) is 31.7 Å². The molecule has 0 spiro atoms. The lowest BCUT2D eigenvalue weighted by molar-refractivity contribution is 0.265. The van der Waals surface area contributed by atoms with Gasteiger partial charge < -0.3 is 5.11 Å². The number of nitrogens with zero attached hydrogens (tertiary/aromatic N) is 2. The van der Waals surface area contributed by atoms with Gasteiger partial charge in [0.05, 0.1) is 6.20 Å². The van der Waals surface area contributed by atoms with Crippen molar-refractivity contribution in [2.75, 3.05) is 13.1 Å². The van der Waals surface area contributed by atoms with E-state index in [4.69, 9.17) is 0 Å². The van der Waals surface area contributed by atoms with E-state index in [2.05, 4.69) is 16.8 Å². The van der Waals surface area contributed by atoms with Gasteiger partial charge in [-0.25, -0.2) is 0 Å². The smallest absolute Gasteiger partial charge is 0.134 e. The minimum atomic E-state index is 0.275. The van der Waals surface area contributed by atoms with E-state index in [0.29, 0.717) is 0 Å². The standard InChI is InChI=1S/C10H14N2O/c1-2-12-4-3-10-8(7-12)5-9(13)6-11-10/h5-6,13H,2-4,7H2,1H3. The first-order valence-electron chi connectivity index (χ1n) is 4.68. The quantitative estimate of drug-likeness (QED) is 0.701. The number of hydrogen-bond acceptors (Lipinski definition) is 3. The molecule has 0 aromatic carbocycles. The lowest BCUT2D eigenvalue weighted by atomic mass is 10.1. The Hall–Kier alpha value is -1.09. The molecule has 70 valence electrons. The molecular weight excluding hydrogens is 164 g/mol. The van der Waals surface area contributed by atoms with Gasteiger partial charge in [-0.15, -0.1) is 0 Å². The number of rotatable bonds is 1. The molecule has 1 aliphatic rings. The highest BCUT2D eigenvalue weighted by Crippen LogP contribution is 2.20. The van der Waals surface area contributed by atoms with Crippen molar-refractivity contribution >= 4 is 0 Å². The summed E-state index contributed by atoms with van der Waals surface area (Å²) in [4.78, 5) is 6.56. The van der Waals surface area contributed by atoms with Crippen LogP contribution in [0.3, 0.4) is 0 Å². The van der Waals surface area contributed by atoms with Crippen LogP contribution in [-0.4, -0.2) is 28.1 Å². The molecule has 13 heavy (non-hydrogen) atoms. The summed E-state index contributed by atoms with van der Waals surface area (Å²) in [5.41, 5.74) is 2.32. The molecule has 3 heteroatoms. The third-order valence-corrected chi connectivity index (χ3v) is 2.55. The van der Waals surface area contributed by atoms with Crippen LogP contribution in [0.5, 0.6) is 5.75 Å². The summed E-state index contributed by atoms with van der Waals surface area (Å²) >= 11 is 0. The van der Waals surface area contributed by atoms with Crippen molar-refractivity contribution in [2.45, 2.75) is 19.9 Å². The lowest BCUT2D eigenvalue weighted by Crippen LogP contribution is -2.30. The largest absolute Gasteiger partial charge is 0.506 e. The number of fused-ring (bicyclic) bond motifs is 1. The van der Waals surface area contributed by atoms with Crippen LogP contribution in [0.1, 0.15) is 18.2 Å². The fraction of sp³-hybridized carbons (Fsp3) is 0.500. The molecule has 0 aliphatic carbocycles. The number of pyridine rings is 1. The third kappa shape index (κ3) is 1.65. The summed E-state index contributed by atoms with van der Waals surface area (Å²) in [6.07, 6.45) is 2.53. The molecule has 1 aliphatic heterocycles. The second-order valence-corrected chi connectivity index (χ2v) is 3.42. The highest BCUT2D eigenvalue weighted by molar-refractivity contribution is 5.29. The fourth-order valence-electron chi connectivity index (χ4n) is 1.74. The maximum absolute atomic E-state index is 9.27. The van der Waals surface area contributed by atoms with E-state index in [9.17, 15) is 5.11 Å². The monoisotopic (exact) mass is 178 g/mol. The van der Waals surface area contributed by atoms with Gasteiger partial charge in [-0.05, 0) is 18.2 Å². The summed E-state index contributed by atoms with van der Waals surface area (Å²) < 4.78 is 0. The molecule has 2 rings (SSSR count). The van der Waals surface area contributed by atoms with Crippen molar-refractivity contribution in [1.82, 2.24) is 9.88 Å². The van der Waals surface area contributed by atoms with Crippen LogP contribution >= 0.6 is 0 Å². The van der Waals surface area contributed by atoms with Crippen LogP contribution in [0, 0.1) is 0 Å². The molecule has 3 nitrogen and oxygen atoms in total. The molecule has 0 unspecified atom stereocenters. The van der Waals surface area contributed by atoms with Crippen LogP contribution in [0.25, 0.3) is 0 Å². The van der Waals surface area contributed by atoms with Gasteiger partial charge in [0, 0.05) is 25.2 Å². The zero-order chi connectivity index (χ0) is 9.26. The maximum atomic E-state index is 9.27. The summed E-state index contributed by atoms with van der Waals surface area (Å²) in [5, 5.41) is 9.27. The Labute approximate surface area is 78.0 Å². The van der Waals surface area contributed by atoms with Gasteiger partial charge in [0.1, 0.15) is 5.75 Å². The second kappa shape index (κ2) is 3.34. The Kier molecular flexibility index (Phi) is 2.19. The predicted octanol–water partition coefficient (Wildman–Crippen LogP) is 1.17. The van der Waals surface area contributed by atoms with Gasteiger partial charge in [0.15, 0.2) is 0 Å². The Bertz CT molecular complexity index is 312. The summed E-state index contributed by atoms with van der Waals surface area (Å²) in [7, 11) is 0. The predicted molar refractivity (Wildman–Crippen MR) is 50.6 cm³/mol. The molecule has 1 aromatic rings. The van der Waals surface area contributed by atoms with Gasteiger partial charge >= 0.3 is 0 Å². The number of aromatic nitrogens is 1. The zero-order valence-electron chi connectivity index (χ0n) is 7.82. The highest BCUT2D eigenvalue weighted by Gasteiger charge is 2.15. The van der Waals surface area contributed by atoms with Crippen LogP contribution in [0.2, 0.25) is 0 Å². The molecule has 1 aromatic heterocycles. The van der Waals surface area contributed by atoms with Gasteiger partial charge in [-0.3, -0.25) is 9.88 Å². The van der Waals surface area contributed by atoms with Gasteiger partial charge in [-0.2, -0.15) is 0 Å². The topological polar surface area (TPSA) is 36.4 Å². The van der Waals surface area contributed by atoms with Crippen molar-refractivity contribution in [2.24, 2.45) is 0 Å². The van der Waals surface area contributed by atoms with Crippen LogP contribution in [-0.2, 0) is 13.0 Å². The molecule has 2 heterocycles. The zero-order valence-corrected chi connectivity index (χ0v) is 7.82. The van der Waals surface area contributed by atoms with Crippen LogP contribution in [0.15, 0.2) is 12.3 Å². The van der Waals surface area contributed by atoms with Crippen molar-refractivity contribution in [3.05, 3.63) is 23.5 Å². The van der Waals surface area contributed by atoms with E-state index in [-0.39, 0.29) is 5.75 Å². The minimum absolute atomic E-state index is 0.275. The molecule has 0 fully saturated rings. The van der Waals surface area contributed by atoms with Crippen molar-refractivity contribution in [3.63, 3.8) is 0 Å². The van der Waals surface area contributed by atoms with E-state index < -0.39 is 0 Å². The average Bonchev–Trinajstić information content (AvgIpc) is 2.16. The van der Waals surface area contributed by atoms with Gasteiger partial charge in [0.25, 0.3) is 0 Å². The molecule has 0 amide bonds. The van der Waals surface area contributed by atoms with Crippen LogP contribution < -0.4 is 0 Å². The molecule has 0 radical (unpaired) electrons. The van der Waals surface area contributed by atoms with Crippen LogP contribution in [0.4, 0.5) is 0 Å². The average molecular weight is 178 g/mol. The lowest BCUT2D eigenvalue weighted by Gasteiger charge is -2.26. The van der Waals surface area contributed by atoms with E-state index >= 15 is 0 Å². The first-order valence-corrected chi connectivity index (χ1v) is 4.68.